The van der Waals surface area contributed by atoms with Gasteiger partial charge in [0.05, 0.1) is 6.61 Å². The Balaban J connectivity index is 2.49. The third-order valence-corrected chi connectivity index (χ3v) is 3.26. The van der Waals surface area contributed by atoms with Crippen LogP contribution in [0.25, 0.3) is 0 Å². The van der Waals surface area contributed by atoms with Crippen LogP contribution in [-0.4, -0.2) is 18.6 Å². The maximum Gasteiger partial charge on any atom is 0.305 e. The van der Waals surface area contributed by atoms with Gasteiger partial charge in [0.1, 0.15) is 0 Å². The van der Waals surface area contributed by atoms with Gasteiger partial charge in [-0.15, -0.1) is 0 Å². The molecule has 0 bridgehead atoms. The predicted octanol–water partition coefficient (Wildman–Crippen LogP) is 3.21. The summed E-state index contributed by atoms with van der Waals surface area (Å²) in [5, 5.41) is 1.21. The quantitative estimate of drug-likeness (QED) is 0.818. The van der Waals surface area contributed by atoms with Gasteiger partial charge in [-0.3, -0.25) is 4.79 Å². The van der Waals surface area contributed by atoms with Crippen molar-refractivity contribution in [1.29, 1.82) is 0 Å². The van der Waals surface area contributed by atoms with Crippen molar-refractivity contribution in [3.05, 3.63) is 33.8 Å². The van der Waals surface area contributed by atoms with Crippen molar-refractivity contribution in [2.24, 2.45) is 5.73 Å². The molecule has 0 aliphatic heterocycles. The summed E-state index contributed by atoms with van der Waals surface area (Å²) in [5.74, 6) is -0.224. The lowest BCUT2D eigenvalue weighted by atomic mass is 10.0. The summed E-state index contributed by atoms with van der Waals surface area (Å²) < 4.78 is 4.84. The maximum absolute atomic E-state index is 11.2. The highest BCUT2D eigenvalue weighted by Crippen LogP contribution is 2.25. The molecule has 0 saturated carbocycles. The van der Waals surface area contributed by atoms with Gasteiger partial charge < -0.3 is 10.5 Å². The number of hydrogen-bond acceptors (Lipinski definition) is 3. The molecule has 5 heteroatoms. The van der Waals surface area contributed by atoms with Crippen molar-refractivity contribution < 1.29 is 9.53 Å². The van der Waals surface area contributed by atoms with E-state index in [1.54, 1.807) is 25.1 Å². The highest BCUT2D eigenvalue weighted by atomic mass is 35.5. The van der Waals surface area contributed by atoms with Crippen LogP contribution in [0, 0.1) is 0 Å². The summed E-state index contributed by atoms with van der Waals surface area (Å²) in [6.45, 7) is 2.17. The van der Waals surface area contributed by atoms with Crippen molar-refractivity contribution in [1.82, 2.24) is 0 Å². The average molecular weight is 290 g/mol. The Morgan fingerprint density at radius 3 is 2.56 bits per heavy atom. The molecular weight excluding hydrogens is 273 g/mol. The fourth-order valence-corrected chi connectivity index (χ4v) is 2.18. The number of halogens is 2. The molecule has 1 atom stereocenters. The summed E-state index contributed by atoms with van der Waals surface area (Å²) in [6.07, 6.45) is 1.43. The smallest absolute Gasteiger partial charge is 0.305 e. The standard InChI is InChI=1S/C13H17Cl2NO2/c1-2-18-13(17)7-6-9(16)8-10-11(14)4-3-5-12(10)15/h3-5,9H,2,6-8,16H2,1H3. The maximum atomic E-state index is 11.2. The van der Waals surface area contributed by atoms with Crippen LogP contribution >= 0.6 is 23.2 Å². The van der Waals surface area contributed by atoms with Crippen LogP contribution in [0.4, 0.5) is 0 Å². The summed E-state index contributed by atoms with van der Waals surface area (Å²) in [4.78, 5) is 11.2. The molecule has 1 rings (SSSR count). The van der Waals surface area contributed by atoms with Crippen LogP contribution in [0.3, 0.4) is 0 Å². The number of rotatable bonds is 6. The van der Waals surface area contributed by atoms with E-state index in [9.17, 15) is 4.79 Å². The van der Waals surface area contributed by atoms with E-state index in [4.69, 9.17) is 33.7 Å². The first-order valence-corrected chi connectivity index (χ1v) is 6.64. The molecule has 3 nitrogen and oxygen atoms in total. The molecule has 100 valence electrons. The van der Waals surface area contributed by atoms with Gasteiger partial charge in [0.15, 0.2) is 0 Å². The summed E-state index contributed by atoms with van der Waals surface area (Å²) >= 11 is 12.1. The van der Waals surface area contributed by atoms with Gasteiger partial charge in [0.2, 0.25) is 0 Å². The molecule has 1 aromatic rings. The molecular formula is C13H17Cl2NO2. The van der Waals surface area contributed by atoms with E-state index in [0.29, 0.717) is 35.9 Å². The molecule has 0 aromatic heterocycles. The number of hydrogen-bond donors (Lipinski definition) is 1. The molecule has 1 aromatic carbocycles. The van der Waals surface area contributed by atoms with E-state index < -0.39 is 0 Å². The van der Waals surface area contributed by atoms with Gasteiger partial charge in [-0.25, -0.2) is 0 Å². The first-order valence-electron chi connectivity index (χ1n) is 5.88. The highest BCUT2D eigenvalue weighted by Gasteiger charge is 2.12. The fourth-order valence-electron chi connectivity index (χ4n) is 1.63. The minimum Gasteiger partial charge on any atom is -0.466 e. The molecule has 18 heavy (non-hydrogen) atoms. The van der Waals surface area contributed by atoms with Crippen LogP contribution in [0.1, 0.15) is 25.3 Å². The van der Waals surface area contributed by atoms with Gasteiger partial charge in [-0.05, 0) is 37.5 Å². The summed E-state index contributed by atoms with van der Waals surface area (Å²) in [5.41, 5.74) is 6.79. The number of nitrogens with two attached hydrogens (primary N) is 1. The second-order valence-electron chi connectivity index (χ2n) is 4.01. The van der Waals surface area contributed by atoms with Crippen molar-refractivity contribution in [3.8, 4) is 0 Å². The van der Waals surface area contributed by atoms with E-state index in [1.807, 2.05) is 0 Å². The molecule has 0 aliphatic carbocycles. The first-order chi connectivity index (χ1) is 8.54. The Bertz CT molecular complexity index is 390. The average Bonchev–Trinajstić information content (AvgIpc) is 2.32. The highest BCUT2D eigenvalue weighted by molar-refractivity contribution is 6.36. The van der Waals surface area contributed by atoms with Crippen LogP contribution in [0.15, 0.2) is 18.2 Å². The molecule has 0 saturated heterocycles. The summed E-state index contributed by atoms with van der Waals surface area (Å²) in [7, 11) is 0. The fraction of sp³-hybridized carbons (Fsp3) is 0.462. The van der Waals surface area contributed by atoms with Gasteiger partial charge in [0.25, 0.3) is 0 Å². The Hall–Kier alpha value is -0.770. The predicted molar refractivity (Wildman–Crippen MR) is 74.0 cm³/mol. The lowest BCUT2D eigenvalue weighted by Crippen LogP contribution is -2.24. The Morgan fingerprint density at radius 1 is 1.39 bits per heavy atom. The number of benzene rings is 1. The Morgan fingerprint density at radius 2 is 2.00 bits per heavy atom. The molecule has 0 fully saturated rings. The van der Waals surface area contributed by atoms with Crippen molar-refractivity contribution in [2.45, 2.75) is 32.2 Å². The van der Waals surface area contributed by atoms with Gasteiger partial charge in [-0.1, -0.05) is 29.3 Å². The van der Waals surface area contributed by atoms with E-state index in [1.165, 1.54) is 0 Å². The molecule has 0 radical (unpaired) electrons. The normalized spacial score (nSPS) is 12.2. The lowest BCUT2D eigenvalue weighted by molar-refractivity contribution is -0.143. The zero-order chi connectivity index (χ0) is 13.5. The zero-order valence-corrected chi connectivity index (χ0v) is 11.8. The van der Waals surface area contributed by atoms with Gasteiger partial charge >= 0.3 is 5.97 Å². The Labute approximate surface area is 117 Å². The largest absolute Gasteiger partial charge is 0.466 e. The second-order valence-corrected chi connectivity index (χ2v) is 4.82. The molecule has 0 heterocycles. The molecule has 0 spiro atoms. The van der Waals surface area contributed by atoms with Crippen molar-refractivity contribution in [2.75, 3.05) is 6.61 Å². The molecule has 2 N–H and O–H groups in total. The zero-order valence-electron chi connectivity index (χ0n) is 10.3. The van der Waals surface area contributed by atoms with Crippen LogP contribution in [0.5, 0.6) is 0 Å². The minimum absolute atomic E-state index is 0.160. The monoisotopic (exact) mass is 289 g/mol. The molecule has 0 aliphatic rings. The van der Waals surface area contributed by atoms with Crippen molar-refractivity contribution in [3.63, 3.8) is 0 Å². The van der Waals surface area contributed by atoms with Gasteiger partial charge in [-0.2, -0.15) is 0 Å². The molecule has 1 unspecified atom stereocenters. The van der Waals surface area contributed by atoms with Crippen LogP contribution in [-0.2, 0) is 16.0 Å². The summed E-state index contributed by atoms with van der Waals surface area (Å²) in [6, 6.07) is 5.19. The van der Waals surface area contributed by atoms with E-state index in [0.717, 1.165) is 5.56 Å². The first kappa shape index (κ1) is 15.3. The van der Waals surface area contributed by atoms with Gasteiger partial charge in [0, 0.05) is 22.5 Å². The SMILES string of the molecule is CCOC(=O)CCC(N)Cc1c(Cl)cccc1Cl. The van der Waals surface area contributed by atoms with Crippen LogP contribution in [0.2, 0.25) is 10.0 Å². The number of carbonyl (C=O) groups excluding carboxylic acids is 1. The third kappa shape index (κ3) is 4.84. The minimum atomic E-state index is -0.224. The van der Waals surface area contributed by atoms with E-state index in [2.05, 4.69) is 0 Å². The number of carbonyl (C=O) groups is 1. The van der Waals surface area contributed by atoms with Crippen molar-refractivity contribution >= 4 is 29.2 Å². The van der Waals surface area contributed by atoms with E-state index >= 15 is 0 Å². The second kappa shape index (κ2) is 7.62. The lowest BCUT2D eigenvalue weighted by Gasteiger charge is -2.13. The number of ether oxygens (including phenoxy) is 1. The third-order valence-electron chi connectivity index (χ3n) is 2.55. The van der Waals surface area contributed by atoms with Crippen LogP contribution < -0.4 is 5.73 Å². The Kier molecular flexibility index (Phi) is 6.47. The topological polar surface area (TPSA) is 52.3 Å². The van der Waals surface area contributed by atoms with E-state index in [-0.39, 0.29) is 12.0 Å². The number of esters is 1. The molecule has 0 amide bonds.